The molecule has 0 aromatic carbocycles. The zero-order chi connectivity index (χ0) is 7.82. The Morgan fingerprint density at radius 2 is 2.20 bits per heavy atom. The van der Waals surface area contributed by atoms with Gasteiger partial charge in [0.25, 0.3) is 0 Å². The van der Waals surface area contributed by atoms with Crippen molar-refractivity contribution in [2.75, 3.05) is 0 Å². The van der Waals surface area contributed by atoms with Crippen molar-refractivity contribution in [2.24, 2.45) is 5.73 Å². The van der Waals surface area contributed by atoms with Crippen molar-refractivity contribution in [1.29, 1.82) is 0 Å². The van der Waals surface area contributed by atoms with E-state index in [0.29, 0.717) is 6.54 Å². The molecule has 0 bridgehead atoms. The fraction of sp³-hybridized carbons (Fsp3) is 0.571. The highest BCUT2D eigenvalue weighted by Crippen LogP contribution is 2.00. The van der Waals surface area contributed by atoms with Crippen molar-refractivity contribution in [3.8, 4) is 0 Å². The first kappa shape index (κ1) is 9.59. The van der Waals surface area contributed by atoms with E-state index in [0.717, 1.165) is 5.01 Å². The smallest absolute Gasteiger partial charge is 0.106 e. The molecule has 0 saturated carbocycles. The van der Waals surface area contributed by atoms with Crippen LogP contribution in [0.25, 0.3) is 0 Å². The fourth-order valence-corrected chi connectivity index (χ4v) is 0.851. The third-order valence-corrected chi connectivity index (χ3v) is 1.46. The van der Waals surface area contributed by atoms with Crippen LogP contribution in [0.3, 0.4) is 0 Å². The van der Waals surface area contributed by atoms with E-state index in [1.54, 1.807) is 17.5 Å². The van der Waals surface area contributed by atoms with Gasteiger partial charge >= 0.3 is 0 Å². The Hall–Kier alpha value is -0.410. The van der Waals surface area contributed by atoms with Crippen molar-refractivity contribution < 1.29 is 0 Å². The number of nitrogens with two attached hydrogens (primary N) is 1. The second-order valence-corrected chi connectivity index (χ2v) is 2.82. The molecule has 10 heavy (non-hydrogen) atoms. The van der Waals surface area contributed by atoms with Gasteiger partial charge in [-0.05, 0) is 0 Å². The van der Waals surface area contributed by atoms with E-state index >= 15 is 0 Å². The van der Waals surface area contributed by atoms with E-state index in [1.807, 2.05) is 5.38 Å². The molecule has 0 aliphatic heterocycles. The van der Waals surface area contributed by atoms with Crippen molar-refractivity contribution in [3.05, 3.63) is 16.6 Å². The van der Waals surface area contributed by atoms with Crippen LogP contribution in [0.1, 0.15) is 25.3 Å². The maximum atomic E-state index is 5.24. The summed E-state index contributed by atoms with van der Waals surface area (Å²) in [5.41, 5.74) is 5.24. The van der Waals surface area contributed by atoms with E-state index in [9.17, 15) is 0 Å². The lowest BCUT2D eigenvalue weighted by atomic mass is 10.6. The number of hydrogen-bond acceptors (Lipinski definition) is 3. The molecule has 1 aromatic heterocycles. The number of hydrogen-bond donors (Lipinski definition) is 1. The van der Waals surface area contributed by atoms with E-state index < -0.39 is 0 Å². The minimum absolute atomic E-state index is 0.567. The molecule has 1 heterocycles. The van der Waals surface area contributed by atoms with Crippen molar-refractivity contribution in [3.63, 3.8) is 0 Å². The van der Waals surface area contributed by atoms with E-state index in [-0.39, 0.29) is 0 Å². The van der Waals surface area contributed by atoms with Crippen LogP contribution in [0, 0.1) is 0 Å². The third kappa shape index (κ3) is 4.47. The molecule has 3 heteroatoms. The highest BCUT2D eigenvalue weighted by atomic mass is 32.1. The van der Waals surface area contributed by atoms with E-state index in [4.69, 9.17) is 5.73 Å². The highest BCUT2D eigenvalue weighted by molar-refractivity contribution is 7.09. The normalized spacial score (nSPS) is 8.30. The van der Waals surface area contributed by atoms with Gasteiger partial charge in [-0.1, -0.05) is 20.3 Å². The summed E-state index contributed by atoms with van der Waals surface area (Å²) < 4.78 is 0. The maximum Gasteiger partial charge on any atom is 0.106 e. The lowest BCUT2D eigenvalue weighted by molar-refractivity contribution is 1.04. The van der Waals surface area contributed by atoms with Gasteiger partial charge in [0.2, 0.25) is 0 Å². The predicted molar refractivity (Wildman–Crippen MR) is 46.0 cm³/mol. The molecular formula is C7H14N2S. The average molecular weight is 158 g/mol. The molecule has 2 nitrogen and oxygen atoms in total. The summed E-state index contributed by atoms with van der Waals surface area (Å²) in [4.78, 5) is 3.93. The SMILES string of the molecule is CCC.NCc1nccs1. The predicted octanol–water partition coefficient (Wildman–Crippen LogP) is 2.02. The number of aromatic nitrogens is 1. The summed E-state index contributed by atoms with van der Waals surface area (Å²) in [6.07, 6.45) is 3.01. The van der Waals surface area contributed by atoms with Crippen LogP contribution in [0.2, 0.25) is 0 Å². The number of nitrogens with zero attached hydrogens (tertiary/aromatic N) is 1. The second-order valence-electron chi connectivity index (χ2n) is 1.84. The summed E-state index contributed by atoms with van der Waals surface area (Å²) in [6.45, 7) is 4.82. The monoisotopic (exact) mass is 158 g/mol. The lowest BCUT2D eigenvalue weighted by Crippen LogP contribution is -1.93. The standard InChI is InChI=1S/C4H6N2S.C3H8/c5-3-4-6-1-2-7-4;1-3-2/h1-2H,3,5H2;3H2,1-2H3. The van der Waals surface area contributed by atoms with Gasteiger partial charge in [-0.25, -0.2) is 4.98 Å². The Balaban J connectivity index is 0.000000236. The molecule has 58 valence electrons. The van der Waals surface area contributed by atoms with Crippen LogP contribution in [-0.4, -0.2) is 4.98 Å². The first-order valence-corrected chi connectivity index (χ1v) is 4.31. The van der Waals surface area contributed by atoms with Crippen LogP contribution in [-0.2, 0) is 6.54 Å². The molecule has 0 radical (unpaired) electrons. The van der Waals surface area contributed by atoms with Crippen LogP contribution >= 0.6 is 11.3 Å². The van der Waals surface area contributed by atoms with Crippen molar-refractivity contribution in [2.45, 2.75) is 26.8 Å². The van der Waals surface area contributed by atoms with Gasteiger partial charge in [-0.3, -0.25) is 0 Å². The molecule has 2 N–H and O–H groups in total. The number of rotatable bonds is 1. The minimum Gasteiger partial charge on any atom is -0.325 e. The average Bonchev–Trinajstić information content (AvgIpc) is 2.39. The molecule has 0 amide bonds. The molecule has 0 atom stereocenters. The van der Waals surface area contributed by atoms with Crippen LogP contribution in [0.5, 0.6) is 0 Å². The van der Waals surface area contributed by atoms with E-state index in [1.165, 1.54) is 6.42 Å². The van der Waals surface area contributed by atoms with Crippen molar-refractivity contribution >= 4 is 11.3 Å². The van der Waals surface area contributed by atoms with Gasteiger partial charge < -0.3 is 5.73 Å². The summed E-state index contributed by atoms with van der Waals surface area (Å²) in [6, 6.07) is 0. The van der Waals surface area contributed by atoms with Gasteiger partial charge in [-0.15, -0.1) is 11.3 Å². The third-order valence-electron chi connectivity index (χ3n) is 0.658. The summed E-state index contributed by atoms with van der Waals surface area (Å²) in [5, 5.41) is 2.92. The molecule has 0 fully saturated rings. The first-order chi connectivity index (χ1) is 4.85. The first-order valence-electron chi connectivity index (χ1n) is 3.43. The number of thiazole rings is 1. The Bertz CT molecular complexity index is 137. The molecule has 1 rings (SSSR count). The molecular weight excluding hydrogens is 144 g/mol. The summed E-state index contributed by atoms with van der Waals surface area (Å²) in [7, 11) is 0. The molecule has 0 saturated heterocycles. The highest BCUT2D eigenvalue weighted by Gasteiger charge is 1.84. The zero-order valence-corrected chi connectivity index (χ0v) is 7.32. The Morgan fingerprint density at radius 1 is 1.60 bits per heavy atom. The molecule has 1 aromatic rings. The Morgan fingerprint density at radius 3 is 2.40 bits per heavy atom. The summed E-state index contributed by atoms with van der Waals surface area (Å²) >= 11 is 1.59. The van der Waals surface area contributed by atoms with E-state index in [2.05, 4.69) is 18.8 Å². The fourth-order valence-electron chi connectivity index (χ4n) is 0.354. The quantitative estimate of drug-likeness (QED) is 0.679. The van der Waals surface area contributed by atoms with Crippen LogP contribution < -0.4 is 5.73 Å². The van der Waals surface area contributed by atoms with Gasteiger partial charge in [0, 0.05) is 18.1 Å². The van der Waals surface area contributed by atoms with Gasteiger partial charge in [0.1, 0.15) is 5.01 Å². The molecule has 0 spiro atoms. The topological polar surface area (TPSA) is 38.9 Å². The molecule has 0 unspecified atom stereocenters. The zero-order valence-electron chi connectivity index (χ0n) is 6.50. The second kappa shape index (κ2) is 6.71. The Kier molecular flexibility index (Phi) is 6.43. The maximum absolute atomic E-state index is 5.24. The lowest BCUT2D eigenvalue weighted by Gasteiger charge is -1.78. The van der Waals surface area contributed by atoms with Crippen molar-refractivity contribution in [1.82, 2.24) is 4.98 Å². The van der Waals surface area contributed by atoms with Crippen LogP contribution in [0.4, 0.5) is 0 Å². The van der Waals surface area contributed by atoms with Gasteiger partial charge in [0.05, 0.1) is 0 Å². The minimum atomic E-state index is 0.567. The van der Waals surface area contributed by atoms with Gasteiger partial charge in [0.15, 0.2) is 0 Å². The summed E-state index contributed by atoms with van der Waals surface area (Å²) in [5.74, 6) is 0. The largest absolute Gasteiger partial charge is 0.325 e. The molecule has 0 aliphatic carbocycles. The molecule has 0 aliphatic rings. The Labute approximate surface area is 66.1 Å². The van der Waals surface area contributed by atoms with Crippen LogP contribution in [0.15, 0.2) is 11.6 Å². The van der Waals surface area contributed by atoms with Gasteiger partial charge in [-0.2, -0.15) is 0 Å².